The lowest BCUT2D eigenvalue weighted by Crippen LogP contribution is -2.30. The first-order valence-corrected chi connectivity index (χ1v) is 8.89. The second kappa shape index (κ2) is 5.67. The molecule has 0 radical (unpaired) electrons. The Labute approximate surface area is 113 Å². The molecule has 1 N–H and O–H groups in total. The fourth-order valence-corrected chi connectivity index (χ4v) is 5.25. The number of sulfone groups is 1. The number of rotatable bonds is 4. The molecular weight excluding hydrogens is 268 g/mol. The fourth-order valence-electron chi connectivity index (χ4n) is 2.21. The Morgan fingerprint density at radius 3 is 3.00 bits per heavy atom. The minimum absolute atomic E-state index is 0.213. The number of nitrogens with one attached hydrogen (secondary N) is 1. The average molecular weight is 288 g/mol. The summed E-state index contributed by atoms with van der Waals surface area (Å²) in [5.41, 5.74) is 0. The minimum Gasteiger partial charge on any atom is -0.312 e. The van der Waals surface area contributed by atoms with Crippen LogP contribution in [0.2, 0.25) is 0 Å². The molecule has 1 fully saturated rings. The summed E-state index contributed by atoms with van der Waals surface area (Å²) < 4.78 is 23.9. The van der Waals surface area contributed by atoms with Crippen LogP contribution in [0.15, 0.2) is 6.20 Å². The highest BCUT2D eigenvalue weighted by molar-refractivity contribution is 7.92. The molecule has 6 heteroatoms. The average Bonchev–Trinajstić information content (AvgIpc) is 2.79. The number of thiazole rings is 1. The van der Waals surface area contributed by atoms with Crippen LogP contribution in [0, 0.1) is 0 Å². The summed E-state index contributed by atoms with van der Waals surface area (Å²) in [6.07, 6.45) is 5.08. The monoisotopic (exact) mass is 288 g/mol. The van der Waals surface area contributed by atoms with Crippen LogP contribution >= 0.6 is 11.3 Å². The second-order valence-electron chi connectivity index (χ2n) is 4.86. The van der Waals surface area contributed by atoms with Gasteiger partial charge >= 0.3 is 0 Å². The van der Waals surface area contributed by atoms with Crippen molar-refractivity contribution in [1.82, 2.24) is 10.3 Å². The molecule has 0 saturated carbocycles. The standard InChI is InChI=1S/C12H20N2O2S2/c1-9(13-2)11-8-14-12(17-11)7-10-5-3-4-6-18(10,15)16/h8-10,13H,3-7H2,1-2H3. The van der Waals surface area contributed by atoms with Gasteiger partial charge in [0, 0.05) is 23.5 Å². The third-order valence-corrected chi connectivity index (χ3v) is 7.02. The molecule has 4 nitrogen and oxygen atoms in total. The summed E-state index contributed by atoms with van der Waals surface area (Å²) in [5, 5.41) is 3.90. The lowest BCUT2D eigenvalue weighted by Gasteiger charge is -2.21. The smallest absolute Gasteiger partial charge is 0.153 e. The summed E-state index contributed by atoms with van der Waals surface area (Å²) in [7, 11) is -0.975. The molecular formula is C12H20N2O2S2. The molecule has 0 spiro atoms. The van der Waals surface area contributed by atoms with Crippen molar-refractivity contribution in [2.75, 3.05) is 12.8 Å². The van der Waals surface area contributed by atoms with E-state index in [1.165, 1.54) is 4.88 Å². The topological polar surface area (TPSA) is 59.1 Å². The van der Waals surface area contributed by atoms with Gasteiger partial charge in [-0.1, -0.05) is 6.42 Å². The van der Waals surface area contributed by atoms with Gasteiger partial charge in [-0.25, -0.2) is 13.4 Å². The Kier molecular flexibility index (Phi) is 4.40. The molecule has 2 atom stereocenters. The third kappa shape index (κ3) is 3.10. The summed E-state index contributed by atoms with van der Waals surface area (Å²) >= 11 is 1.62. The van der Waals surface area contributed by atoms with E-state index in [0.717, 1.165) is 24.3 Å². The predicted octanol–water partition coefficient (Wildman–Crippen LogP) is 1.93. The lowest BCUT2D eigenvalue weighted by atomic mass is 10.1. The van der Waals surface area contributed by atoms with E-state index in [2.05, 4.69) is 17.2 Å². The SMILES string of the molecule is CNC(C)c1cnc(CC2CCCCS2(=O)=O)s1. The van der Waals surface area contributed by atoms with Crippen LogP contribution in [0.5, 0.6) is 0 Å². The summed E-state index contributed by atoms with van der Waals surface area (Å²) in [4.78, 5) is 5.53. The Morgan fingerprint density at radius 2 is 2.33 bits per heavy atom. The molecule has 2 unspecified atom stereocenters. The van der Waals surface area contributed by atoms with Crippen molar-refractivity contribution in [1.29, 1.82) is 0 Å². The van der Waals surface area contributed by atoms with E-state index in [4.69, 9.17) is 0 Å². The second-order valence-corrected chi connectivity index (χ2v) is 8.40. The van der Waals surface area contributed by atoms with E-state index >= 15 is 0 Å². The molecule has 2 heterocycles. The largest absolute Gasteiger partial charge is 0.312 e. The number of hydrogen-bond acceptors (Lipinski definition) is 5. The van der Waals surface area contributed by atoms with Gasteiger partial charge in [-0.05, 0) is 26.8 Å². The van der Waals surface area contributed by atoms with Crippen molar-refractivity contribution in [3.8, 4) is 0 Å². The van der Waals surface area contributed by atoms with Gasteiger partial charge in [0.1, 0.15) is 0 Å². The van der Waals surface area contributed by atoms with Gasteiger partial charge in [0.05, 0.1) is 16.0 Å². The van der Waals surface area contributed by atoms with Gasteiger partial charge in [0.25, 0.3) is 0 Å². The lowest BCUT2D eigenvalue weighted by molar-refractivity contribution is 0.537. The van der Waals surface area contributed by atoms with Crippen LogP contribution in [-0.4, -0.2) is 31.5 Å². The highest BCUT2D eigenvalue weighted by Crippen LogP contribution is 2.26. The van der Waals surface area contributed by atoms with Crippen LogP contribution in [0.4, 0.5) is 0 Å². The first-order chi connectivity index (χ1) is 8.53. The summed E-state index contributed by atoms with van der Waals surface area (Å²) in [6, 6.07) is 0.277. The van der Waals surface area contributed by atoms with E-state index in [-0.39, 0.29) is 11.3 Å². The third-order valence-electron chi connectivity index (χ3n) is 3.55. The zero-order chi connectivity index (χ0) is 13.2. The zero-order valence-corrected chi connectivity index (χ0v) is 12.5. The highest BCUT2D eigenvalue weighted by Gasteiger charge is 2.29. The normalized spacial score (nSPS) is 24.9. The molecule has 18 heavy (non-hydrogen) atoms. The fraction of sp³-hybridized carbons (Fsp3) is 0.750. The zero-order valence-electron chi connectivity index (χ0n) is 10.8. The number of hydrogen-bond donors (Lipinski definition) is 1. The molecule has 0 aliphatic carbocycles. The Balaban J connectivity index is 2.07. The number of aromatic nitrogens is 1. The minimum atomic E-state index is -2.89. The van der Waals surface area contributed by atoms with Crippen LogP contribution in [-0.2, 0) is 16.3 Å². The van der Waals surface area contributed by atoms with Gasteiger partial charge < -0.3 is 5.32 Å². The van der Waals surface area contributed by atoms with Crippen LogP contribution in [0.1, 0.15) is 42.1 Å². The summed E-state index contributed by atoms with van der Waals surface area (Å²) in [6.45, 7) is 2.08. The van der Waals surface area contributed by atoms with E-state index in [0.29, 0.717) is 12.2 Å². The van der Waals surface area contributed by atoms with Gasteiger partial charge in [0.15, 0.2) is 9.84 Å². The van der Waals surface area contributed by atoms with Crippen LogP contribution in [0.3, 0.4) is 0 Å². The van der Waals surface area contributed by atoms with Crippen LogP contribution in [0.25, 0.3) is 0 Å². The van der Waals surface area contributed by atoms with Gasteiger partial charge in [-0.3, -0.25) is 0 Å². The molecule has 1 saturated heterocycles. The molecule has 1 aliphatic rings. The van der Waals surface area contributed by atoms with E-state index in [1.807, 2.05) is 13.2 Å². The van der Waals surface area contributed by atoms with Gasteiger partial charge in [-0.2, -0.15) is 0 Å². The number of nitrogens with zero attached hydrogens (tertiary/aromatic N) is 1. The maximum absolute atomic E-state index is 11.9. The van der Waals surface area contributed by atoms with Crippen LogP contribution < -0.4 is 5.32 Å². The summed E-state index contributed by atoms with van der Waals surface area (Å²) in [5.74, 6) is 0.350. The predicted molar refractivity (Wildman–Crippen MR) is 74.7 cm³/mol. The van der Waals surface area contributed by atoms with Gasteiger partial charge in [0.2, 0.25) is 0 Å². The van der Waals surface area contributed by atoms with E-state index in [1.54, 1.807) is 11.3 Å². The molecule has 0 aromatic carbocycles. The maximum atomic E-state index is 11.9. The van der Waals surface area contributed by atoms with Crippen molar-refractivity contribution < 1.29 is 8.42 Å². The molecule has 0 bridgehead atoms. The van der Waals surface area contributed by atoms with Crippen molar-refractivity contribution in [2.24, 2.45) is 0 Å². The molecule has 2 rings (SSSR count). The van der Waals surface area contributed by atoms with Crippen molar-refractivity contribution in [3.63, 3.8) is 0 Å². The van der Waals surface area contributed by atoms with E-state index < -0.39 is 9.84 Å². The quantitative estimate of drug-likeness (QED) is 0.920. The Bertz CT molecular complexity index is 496. The Morgan fingerprint density at radius 1 is 1.56 bits per heavy atom. The first kappa shape index (κ1) is 14.0. The maximum Gasteiger partial charge on any atom is 0.153 e. The molecule has 1 aromatic rings. The molecule has 1 aromatic heterocycles. The van der Waals surface area contributed by atoms with Crippen molar-refractivity contribution in [3.05, 3.63) is 16.1 Å². The van der Waals surface area contributed by atoms with E-state index in [9.17, 15) is 8.42 Å². The first-order valence-electron chi connectivity index (χ1n) is 6.36. The van der Waals surface area contributed by atoms with Crippen molar-refractivity contribution in [2.45, 2.75) is 43.9 Å². The van der Waals surface area contributed by atoms with Gasteiger partial charge in [-0.15, -0.1) is 11.3 Å². The molecule has 0 amide bonds. The highest BCUT2D eigenvalue weighted by atomic mass is 32.2. The van der Waals surface area contributed by atoms with Crippen molar-refractivity contribution >= 4 is 21.2 Å². The Hall–Kier alpha value is -0.460. The molecule has 1 aliphatic heterocycles. The molecule has 102 valence electrons.